The van der Waals surface area contributed by atoms with Crippen molar-refractivity contribution in [3.05, 3.63) is 46.2 Å². The van der Waals surface area contributed by atoms with Gasteiger partial charge in [0.05, 0.1) is 5.69 Å². The predicted octanol–water partition coefficient (Wildman–Crippen LogP) is 3.31. The zero-order valence-corrected chi connectivity index (χ0v) is 10.4. The van der Waals surface area contributed by atoms with E-state index in [0.717, 1.165) is 5.69 Å². The maximum Gasteiger partial charge on any atom is 0.0630 e. The van der Waals surface area contributed by atoms with Crippen LogP contribution in [0.2, 0.25) is 0 Å². The van der Waals surface area contributed by atoms with E-state index in [0.29, 0.717) is 0 Å². The fourth-order valence-electron chi connectivity index (χ4n) is 1.22. The van der Waals surface area contributed by atoms with Crippen LogP contribution in [0.4, 0.5) is 5.69 Å². The van der Waals surface area contributed by atoms with E-state index < -0.39 is 0 Å². The second-order valence-electron chi connectivity index (χ2n) is 3.30. The third-order valence-electron chi connectivity index (χ3n) is 2.00. The van der Waals surface area contributed by atoms with Crippen molar-refractivity contribution in [1.29, 1.82) is 0 Å². The van der Waals surface area contributed by atoms with Crippen molar-refractivity contribution in [1.82, 2.24) is 0 Å². The standard InChI is InChI=1S/C12H12NPS/c1-9-2-7-12(15-9)8-13-10-3-5-11(14)6-4-10/h2-8H,14H2,1H3/b13-8+. The lowest BCUT2D eigenvalue weighted by Gasteiger charge is -1.93. The van der Waals surface area contributed by atoms with Gasteiger partial charge in [-0.05, 0) is 36.5 Å². The molecule has 0 bridgehead atoms. The van der Waals surface area contributed by atoms with Crippen LogP contribution in [0, 0.1) is 6.92 Å². The highest BCUT2D eigenvalue weighted by Crippen LogP contribution is 2.15. The molecule has 0 aliphatic heterocycles. The molecule has 1 nitrogen and oxygen atoms in total. The minimum absolute atomic E-state index is 0.993. The minimum atomic E-state index is 0.993. The molecule has 1 unspecified atom stereocenters. The molecule has 1 heterocycles. The van der Waals surface area contributed by atoms with Gasteiger partial charge in [0.2, 0.25) is 0 Å². The number of aliphatic imine (C=N–C) groups is 1. The topological polar surface area (TPSA) is 12.4 Å². The number of hydrogen-bond donors (Lipinski definition) is 0. The van der Waals surface area contributed by atoms with Crippen molar-refractivity contribution < 1.29 is 0 Å². The Balaban J connectivity index is 2.14. The van der Waals surface area contributed by atoms with Gasteiger partial charge in [0, 0.05) is 16.0 Å². The summed E-state index contributed by atoms with van der Waals surface area (Å²) in [5.74, 6) is 0. The average Bonchev–Trinajstić information content (AvgIpc) is 2.64. The molecule has 0 aliphatic rings. The fraction of sp³-hybridized carbons (Fsp3) is 0.0833. The van der Waals surface area contributed by atoms with Gasteiger partial charge in [0.1, 0.15) is 0 Å². The molecule has 15 heavy (non-hydrogen) atoms. The summed E-state index contributed by atoms with van der Waals surface area (Å²) < 4.78 is 0. The van der Waals surface area contributed by atoms with Gasteiger partial charge in [-0.1, -0.05) is 12.1 Å². The van der Waals surface area contributed by atoms with Crippen molar-refractivity contribution >= 4 is 37.8 Å². The molecule has 0 aliphatic carbocycles. The van der Waals surface area contributed by atoms with Crippen molar-refractivity contribution in [3.63, 3.8) is 0 Å². The van der Waals surface area contributed by atoms with Gasteiger partial charge in [0.25, 0.3) is 0 Å². The molecule has 1 aromatic carbocycles. The highest BCUT2D eigenvalue weighted by atomic mass is 32.1. The molecule has 1 aromatic heterocycles. The number of aryl methyl sites for hydroxylation is 1. The van der Waals surface area contributed by atoms with Gasteiger partial charge < -0.3 is 0 Å². The van der Waals surface area contributed by atoms with Crippen LogP contribution in [-0.2, 0) is 0 Å². The predicted molar refractivity (Wildman–Crippen MR) is 72.1 cm³/mol. The lowest BCUT2D eigenvalue weighted by Crippen LogP contribution is -1.84. The minimum Gasteiger partial charge on any atom is -0.255 e. The van der Waals surface area contributed by atoms with E-state index in [1.54, 1.807) is 11.3 Å². The van der Waals surface area contributed by atoms with Gasteiger partial charge >= 0.3 is 0 Å². The summed E-state index contributed by atoms with van der Waals surface area (Å²) in [4.78, 5) is 6.92. The molecule has 0 amide bonds. The van der Waals surface area contributed by atoms with Crippen molar-refractivity contribution in [2.45, 2.75) is 6.92 Å². The number of benzene rings is 1. The SMILES string of the molecule is Cc1ccc(/C=N/c2ccc(P)cc2)s1. The summed E-state index contributed by atoms with van der Waals surface area (Å²) in [5, 5.41) is 1.18. The monoisotopic (exact) mass is 233 g/mol. The maximum absolute atomic E-state index is 4.41. The zero-order valence-electron chi connectivity index (χ0n) is 8.47. The van der Waals surface area contributed by atoms with Crippen molar-refractivity contribution in [3.8, 4) is 0 Å². The number of hydrogen-bond acceptors (Lipinski definition) is 2. The molecule has 1 atom stereocenters. The highest BCUT2D eigenvalue weighted by Gasteiger charge is 1.92. The summed E-state index contributed by atoms with van der Waals surface area (Å²) in [7, 11) is 2.66. The molecule has 2 aromatic rings. The molecule has 0 spiro atoms. The first-order chi connectivity index (χ1) is 7.24. The van der Waals surface area contributed by atoms with Gasteiger partial charge in [-0.15, -0.1) is 20.6 Å². The molecule has 2 rings (SSSR count). The average molecular weight is 233 g/mol. The Morgan fingerprint density at radius 2 is 1.87 bits per heavy atom. The van der Waals surface area contributed by atoms with E-state index in [1.165, 1.54) is 15.1 Å². The van der Waals surface area contributed by atoms with E-state index in [9.17, 15) is 0 Å². The molecular weight excluding hydrogens is 221 g/mol. The van der Waals surface area contributed by atoms with Crippen LogP contribution in [-0.4, -0.2) is 6.21 Å². The molecule has 76 valence electrons. The molecule has 0 N–H and O–H groups in total. The van der Waals surface area contributed by atoms with Crippen LogP contribution in [0.3, 0.4) is 0 Å². The Hall–Kier alpha value is -0.980. The van der Waals surface area contributed by atoms with Gasteiger partial charge in [-0.25, -0.2) is 0 Å². The lowest BCUT2D eigenvalue weighted by atomic mass is 10.3. The Morgan fingerprint density at radius 1 is 1.13 bits per heavy atom. The summed E-state index contributed by atoms with van der Waals surface area (Å²) >= 11 is 1.76. The van der Waals surface area contributed by atoms with Crippen LogP contribution < -0.4 is 5.30 Å². The van der Waals surface area contributed by atoms with Gasteiger partial charge in [0.15, 0.2) is 0 Å². The van der Waals surface area contributed by atoms with Gasteiger partial charge in [-0.3, -0.25) is 4.99 Å². The molecule has 0 radical (unpaired) electrons. The summed E-state index contributed by atoms with van der Waals surface area (Å²) in [6.07, 6.45) is 1.91. The summed E-state index contributed by atoms with van der Waals surface area (Å²) in [5.41, 5.74) is 0.993. The lowest BCUT2D eigenvalue weighted by molar-refractivity contribution is 1.55. The Bertz CT molecular complexity index is 471. The summed E-state index contributed by atoms with van der Waals surface area (Å²) in [6.45, 7) is 2.10. The summed E-state index contributed by atoms with van der Waals surface area (Å²) in [6, 6.07) is 12.3. The van der Waals surface area contributed by atoms with E-state index in [-0.39, 0.29) is 0 Å². The molecular formula is C12H12NPS. The second-order valence-corrected chi connectivity index (χ2v) is 5.28. The first-order valence-electron chi connectivity index (χ1n) is 4.70. The van der Waals surface area contributed by atoms with E-state index >= 15 is 0 Å². The quantitative estimate of drug-likeness (QED) is 0.557. The van der Waals surface area contributed by atoms with Crippen molar-refractivity contribution in [2.75, 3.05) is 0 Å². The van der Waals surface area contributed by atoms with Gasteiger partial charge in [-0.2, -0.15) is 0 Å². The largest absolute Gasteiger partial charge is 0.255 e. The number of thiophene rings is 1. The smallest absolute Gasteiger partial charge is 0.0630 e. The Morgan fingerprint density at radius 3 is 2.47 bits per heavy atom. The van der Waals surface area contributed by atoms with Crippen LogP contribution >= 0.6 is 20.6 Å². The van der Waals surface area contributed by atoms with E-state index in [4.69, 9.17) is 0 Å². The van der Waals surface area contributed by atoms with Crippen LogP contribution in [0.25, 0.3) is 0 Å². The fourth-order valence-corrected chi connectivity index (χ4v) is 2.16. The third kappa shape index (κ3) is 2.98. The Kier molecular flexibility index (Phi) is 3.30. The van der Waals surface area contributed by atoms with Crippen molar-refractivity contribution in [2.24, 2.45) is 4.99 Å². The van der Waals surface area contributed by atoms with Crippen LogP contribution in [0.15, 0.2) is 41.4 Å². The second kappa shape index (κ2) is 4.69. The van der Waals surface area contributed by atoms with E-state index in [1.807, 2.05) is 30.5 Å². The molecule has 0 fully saturated rings. The maximum atomic E-state index is 4.41. The Labute approximate surface area is 96.1 Å². The number of nitrogens with zero attached hydrogens (tertiary/aromatic N) is 1. The van der Waals surface area contributed by atoms with E-state index in [2.05, 4.69) is 33.3 Å². The molecule has 3 heteroatoms. The van der Waals surface area contributed by atoms with Crippen LogP contribution in [0.5, 0.6) is 0 Å². The third-order valence-corrected chi connectivity index (χ3v) is 3.32. The normalized spacial score (nSPS) is 11.1. The zero-order chi connectivity index (χ0) is 10.7. The number of rotatable bonds is 2. The first kappa shape index (κ1) is 10.5. The molecule has 0 saturated heterocycles. The first-order valence-corrected chi connectivity index (χ1v) is 6.09. The molecule has 0 saturated carbocycles. The highest BCUT2D eigenvalue weighted by molar-refractivity contribution is 7.27. The van der Waals surface area contributed by atoms with Crippen LogP contribution in [0.1, 0.15) is 9.75 Å².